The quantitative estimate of drug-likeness (QED) is 0.0688. The van der Waals surface area contributed by atoms with Gasteiger partial charge in [0.2, 0.25) is 0 Å². The summed E-state index contributed by atoms with van der Waals surface area (Å²) in [6.07, 6.45) is 5.38. The van der Waals surface area contributed by atoms with Gasteiger partial charge in [-0.05, 0) is 86.4 Å². The van der Waals surface area contributed by atoms with Crippen LogP contribution in [0.2, 0.25) is 0 Å². The zero-order valence-electron chi connectivity index (χ0n) is 28.2. The molecule has 260 valence electrons. The van der Waals surface area contributed by atoms with Gasteiger partial charge in [-0.25, -0.2) is 9.79 Å². The van der Waals surface area contributed by atoms with Crippen LogP contribution in [-0.2, 0) is 22.6 Å². The lowest BCUT2D eigenvalue weighted by Crippen LogP contribution is -2.39. The first-order valence-electron chi connectivity index (χ1n) is 16.0. The SMILES string of the molecule is C=CCc1cc(/C=c2\sc3n(c2=O)[C@@H](c2ccc(OCC)c(OCC)c2)C(C(=O)OC)=CN=3)cc(OCC)c1OCc1ccc([N+](=O)[O-])cc1. The van der Waals surface area contributed by atoms with Crippen LogP contribution in [0.4, 0.5) is 5.69 Å². The Morgan fingerprint density at radius 3 is 2.34 bits per heavy atom. The number of hydrogen-bond acceptors (Lipinski definition) is 11. The van der Waals surface area contributed by atoms with Crippen LogP contribution in [-0.4, -0.2) is 42.4 Å². The number of hydrogen-bond donors (Lipinski definition) is 0. The number of nitrogens with zero attached hydrogens (tertiary/aromatic N) is 3. The topological polar surface area (TPSA) is 141 Å². The van der Waals surface area contributed by atoms with E-state index in [9.17, 15) is 19.7 Å². The maximum Gasteiger partial charge on any atom is 0.337 e. The molecule has 0 radical (unpaired) electrons. The van der Waals surface area contributed by atoms with Gasteiger partial charge in [-0.1, -0.05) is 23.5 Å². The Hall–Kier alpha value is -5.69. The molecule has 4 aromatic rings. The fourth-order valence-corrected chi connectivity index (χ4v) is 6.48. The summed E-state index contributed by atoms with van der Waals surface area (Å²) < 4.78 is 30.7. The first-order chi connectivity index (χ1) is 24.2. The largest absolute Gasteiger partial charge is 0.490 e. The Morgan fingerprint density at radius 1 is 0.980 bits per heavy atom. The number of methoxy groups -OCH3 is 1. The van der Waals surface area contributed by atoms with E-state index < -0.39 is 16.9 Å². The van der Waals surface area contributed by atoms with Gasteiger partial charge in [0.15, 0.2) is 27.8 Å². The van der Waals surface area contributed by atoms with Gasteiger partial charge in [0.25, 0.3) is 11.2 Å². The van der Waals surface area contributed by atoms with Crippen LogP contribution in [0.3, 0.4) is 0 Å². The van der Waals surface area contributed by atoms with E-state index >= 15 is 0 Å². The van der Waals surface area contributed by atoms with Gasteiger partial charge in [-0.15, -0.1) is 6.58 Å². The predicted molar refractivity (Wildman–Crippen MR) is 189 cm³/mol. The lowest BCUT2D eigenvalue weighted by molar-refractivity contribution is -0.384. The van der Waals surface area contributed by atoms with Crippen molar-refractivity contribution in [1.82, 2.24) is 4.57 Å². The molecule has 0 amide bonds. The van der Waals surface area contributed by atoms with E-state index in [1.165, 1.54) is 41.3 Å². The summed E-state index contributed by atoms with van der Waals surface area (Å²) in [5.41, 5.74) is 2.67. The van der Waals surface area contributed by atoms with E-state index in [2.05, 4.69) is 11.6 Å². The third-order valence-corrected chi connectivity index (χ3v) is 8.65. The molecule has 0 bridgehead atoms. The van der Waals surface area contributed by atoms with Crippen molar-refractivity contribution < 1.29 is 33.4 Å². The van der Waals surface area contributed by atoms with E-state index in [1.54, 1.807) is 48.6 Å². The zero-order valence-corrected chi connectivity index (χ0v) is 29.0. The van der Waals surface area contributed by atoms with Crippen molar-refractivity contribution in [2.75, 3.05) is 26.9 Å². The number of carbonyl (C=O) groups excluding carboxylic acids is 1. The second-order valence-corrected chi connectivity index (χ2v) is 11.9. The fourth-order valence-electron chi connectivity index (χ4n) is 5.51. The van der Waals surface area contributed by atoms with Crippen molar-refractivity contribution in [1.29, 1.82) is 0 Å². The average molecular weight is 700 g/mol. The molecule has 5 rings (SSSR count). The molecule has 1 atom stereocenters. The molecule has 3 aromatic carbocycles. The van der Waals surface area contributed by atoms with Crippen molar-refractivity contribution in [2.45, 2.75) is 39.8 Å². The second-order valence-electron chi connectivity index (χ2n) is 10.9. The van der Waals surface area contributed by atoms with Crippen LogP contribution in [0.25, 0.3) is 6.08 Å². The van der Waals surface area contributed by atoms with Gasteiger partial charge < -0.3 is 23.7 Å². The van der Waals surface area contributed by atoms with E-state index in [4.69, 9.17) is 23.7 Å². The monoisotopic (exact) mass is 699 g/mol. The fraction of sp³-hybridized carbons (Fsp3) is 0.270. The predicted octanol–water partition coefficient (Wildman–Crippen LogP) is 5.43. The summed E-state index contributed by atoms with van der Waals surface area (Å²) in [4.78, 5) is 42.6. The average Bonchev–Trinajstić information content (AvgIpc) is 3.42. The first kappa shape index (κ1) is 35.6. The van der Waals surface area contributed by atoms with Crippen molar-refractivity contribution in [2.24, 2.45) is 4.99 Å². The highest BCUT2D eigenvalue weighted by Crippen LogP contribution is 2.36. The van der Waals surface area contributed by atoms with Gasteiger partial charge in [-0.2, -0.15) is 0 Å². The molecular formula is C37H37N3O9S. The highest BCUT2D eigenvalue weighted by atomic mass is 32.1. The minimum Gasteiger partial charge on any atom is -0.490 e. The number of esters is 1. The molecule has 13 heteroatoms. The molecule has 1 aliphatic heterocycles. The van der Waals surface area contributed by atoms with E-state index in [0.29, 0.717) is 69.7 Å². The number of thiazole rings is 1. The molecule has 0 saturated carbocycles. The van der Waals surface area contributed by atoms with Gasteiger partial charge in [-0.3, -0.25) is 19.5 Å². The maximum atomic E-state index is 14.2. The normalized spacial score (nSPS) is 13.8. The van der Waals surface area contributed by atoms with Crippen LogP contribution in [0.1, 0.15) is 49.1 Å². The molecule has 1 aromatic heterocycles. The number of nitro benzene ring substituents is 1. The molecule has 0 fully saturated rings. The maximum absolute atomic E-state index is 14.2. The van der Waals surface area contributed by atoms with E-state index in [0.717, 1.165) is 11.1 Å². The van der Waals surface area contributed by atoms with Crippen LogP contribution in [0.5, 0.6) is 23.0 Å². The van der Waals surface area contributed by atoms with Crippen molar-refractivity contribution in [3.05, 3.63) is 131 Å². The number of allylic oxidation sites excluding steroid dienone is 1. The summed E-state index contributed by atoms with van der Waals surface area (Å²) in [5, 5.41) is 11.1. The minimum atomic E-state index is -0.832. The van der Waals surface area contributed by atoms with Crippen LogP contribution >= 0.6 is 11.3 Å². The van der Waals surface area contributed by atoms with Gasteiger partial charge >= 0.3 is 5.97 Å². The third kappa shape index (κ3) is 7.62. The summed E-state index contributed by atoms with van der Waals surface area (Å²) in [7, 11) is 1.28. The molecule has 50 heavy (non-hydrogen) atoms. The summed E-state index contributed by atoms with van der Waals surface area (Å²) in [6, 6.07) is 14.3. The highest BCUT2D eigenvalue weighted by Gasteiger charge is 2.31. The third-order valence-electron chi connectivity index (χ3n) is 7.65. The number of fused-ring (bicyclic) bond motifs is 1. The molecule has 12 nitrogen and oxygen atoms in total. The van der Waals surface area contributed by atoms with Crippen molar-refractivity contribution >= 4 is 29.1 Å². The smallest absolute Gasteiger partial charge is 0.337 e. The number of non-ortho nitro benzene ring substituents is 1. The first-order valence-corrected chi connectivity index (χ1v) is 16.8. The van der Waals surface area contributed by atoms with Gasteiger partial charge in [0.05, 0.1) is 48.0 Å². The highest BCUT2D eigenvalue weighted by molar-refractivity contribution is 7.07. The van der Waals surface area contributed by atoms with Crippen molar-refractivity contribution in [3.8, 4) is 23.0 Å². The minimum absolute atomic E-state index is 0.00619. The second kappa shape index (κ2) is 16.1. The van der Waals surface area contributed by atoms with E-state index in [-0.39, 0.29) is 23.4 Å². The van der Waals surface area contributed by atoms with Crippen LogP contribution < -0.4 is 33.8 Å². The Kier molecular flexibility index (Phi) is 11.5. The molecule has 0 aliphatic carbocycles. The Labute approximate surface area is 292 Å². The van der Waals surface area contributed by atoms with Crippen LogP contribution in [0.15, 0.2) is 88.8 Å². The number of aromatic nitrogens is 1. The Morgan fingerprint density at radius 2 is 1.68 bits per heavy atom. The number of carbonyl (C=O) groups is 1. The summed E-state index contributed by atoms with van der Waals surface area (Å²) >= 11 is 1.19. The Balaban J connectivity index is 1.58. The standard InChI is InChI=1S/C37H37N3O9S/c1-6-10-26-17-24(18-31(48-9-4)34(26)49-22-23-11-14-27(15-12-23)40(43)44)19-32-35(41)39-33(28(36(42)45-5)21-38-37(39)50-32)25-13-16-29(46-7-2)30(20-25)47-8-3/h6,11-21,33H,1,7-10,22H2,2-5H3/b32-19-/t33-/m0/s1. The van der Waals surface area contributed by atoms with E-state index in [1.807, 2.05) is 26.8 Å². The molecule has 0 N–H and O–H groups in total. The number of ether oxygens (including phenoxy) is 5. The summed E-state index contributed by atoms with van der Waals surface area (Å²) in [6.45, 7) is 10.8. The molecule has 0 spiro atoms. The summed E-state index contributed by atoms with van der Waals surface area (Å²) in [5.74, 6) is 1.40. The molecule has 1 aliphatic rings. The lowest BCUT2D eigenvalue weighted by atomic mass is 9.97. The number of nitro groups is 1. The number of rotatable bonds is 15. The molecule has 0 unspecified atom stereocenters. The van der Waals surface area contributed by atoms with Crippen LogP contribution in [0, 0.1) is 10.1 Å². The zero-order chi connectivity index (χ0) is 35.8. The number of benzene rings is 3. The lowest BCUT2D eigenvalue weighted by Gasteiger charge is -2.23. The Bertz CT molecular complexity index is 2120. The van der Waals surface area contributed by atoms with Gasteiger partial charge in [0.1, 0.15) is 6.61 Å². The molecule has 2 heterocycles. The van der Waals surface area contributed by atoms with Gasteiger partial charge in [0, 0.05) is 23.9 Å². The van der Waals surface area contributed by atoms with Crippen molar-refractivity contribution in [3.63, 3.8) is 0 Å². The molecule has 0 saturated heterocycles. The molecular weight excluding hydrogens is 662 g/mol.